The molecular formula is C26H27BrFN3OS. The zero-order chi connectivity index (χ0) is 23.9. The summed E-state index contributed by atoms with van der Waals surface area (Å²) < 4.78 is 15.7. The third-order valence-corrected chi connectivity index (χ3v) is 7.98. The number of hydrogen-bond acceptors (Lipinski definition) is 5. The van der Waals surface area contributed by atoms with Gasteiger partial charge in [0.05, 0.1) is 23.2 Å². The fraction of sp³-hybridized carbons (Fsp3) is 0.385. The standard InChI is InChI=1S/C26H27BrFN3OS/c1-4-5-6-16-8-10-22(33-16)23-17(14-29)25(30)31(19-9-7-15(27)11-18(19)28)20-12-26(2,3)13-21(32)24(20)23/h7-11,23H,4-6,12-13,30H2,1-3H3. The molecule has 4 rings (SSSR count). The number of nitrogens with zero attached hydrogens (tertiary/aromatic N) is 2. The van der Waals surface area contributed by atoms with Gasteiger partial charge in [0.1, 0.15) is 11.6 Å². The summed E-state index contributed by atoms with van der Waals surface area (Å²) in [4.78, 5) is 17.3. The summed E-state index contributed by atoms with van der Waals surface area (Å²) >= 11 is 4.93. The lowest BCUT2D eigenvalue weighted by Gasteiger charge is -2.43. The molecule has 0 bridgehead atoms. The number of hydrogen-bond donors (Lipinski definition) is 1. The van der Waals surface area contributed by atoms with E-state index in [9.17, 15) is 10.1 Å². The van der Waals surface area contributed by atoms with Gasteiger partial charge in [0.2, 0.25) is 0 Å². The third kappa shape index (κ3) is 4.39. The van der Waals surface area contributed by atoms with E-state index < -0.39 is 11.7 Å². The Kier molecular flexibility index (Phi) is 6.52. The van der Waals surface area contributed by atoms with Crippen LogP contribution in [0.25, 0.3) is 0 Å². The van der Waals surface area contributed by atoms with Crippen molar-refractivity contribution in [2.24, 2.45) is 11.1 Å². The van der Waals surface area contributed by atoms with Crippen LogP contribution in [0, 0.1) is 22.6 Å². The van der Waals surface area contributed by atoms with Gasteiger partial charge < -0.3 is 5.73 Å². The first-order chi connectivity index (χ1) is 15.7. The molecule has 1 atom stereocenters. The number of carbonyl (C=O) groups excluding carboxylic acids is 1. The predicted molar refractivity (Wildman–Crippen MR) is 134 cm³/mol. The Morgan fingerprint density at radius 1 is 1.30 bits per heavy atom. The maximum absolute atomic E-state index is 15.1. The van der Waals surface area contributed by atoms with E-state index in [4.69, 9.17) is 5.73 Å². The van der Waals surface area contributed by atoms with Gasteiger partial charge in [0.15, 0.2) is 5.78 Å². The van der Waals surface area contributed by atoms with Crippen molar-refractivity contribution < 1.29 is 9.18 Å². The monoisotopic (exact) mass is 527 g/mol. The molecule has 0 saturated heterocycles. The lowest BCUT2D eigenvalue weighted by Crippen LogP contribution is -2.42. The highest BCUT2D eigenvalue weighted by molar-refractivity contribution is 9.10. The van der Waals surface area contributed by atoms with Crippen LogP contribution in [0.1, 0.15) is 62.1 Å². The zero-order valence-electron chi connectivity index (χ0n) is 19.0. The maximum atomic E-state index is 15.1. The van der Waals surface area contributed by atoms with Gasteiger partial charge in [-0.15, -0.1) is 11.3 Å². The van der Waals surface area contributed by atoms with E-state index >= 15 is 4.39 Å². The van der Waals surface area contributed by atoms with Crippen LogP contribution in [0.4, 0.5) is 10.1 Å². The number of thiophene rings is 1. The van der Waals surface area contributed by atoms with E-state index in [0.717, 1.165) is 24.1 Å². The van der Waals surface area contributed by atoms with E-state index in [2.05, 4.69) is 35.0 Å². The van der Waals surface area contributed by atoms with Gasteiger partial charge in [-0.25, -0.2) is 4.39 Å². The van der Waals surface area contributed by atoms with Crippen LogP contribution in [-0.4, -0.2) is 5.78 Å². The summed E-state index contributed by atoms with van der Waals surface area (Å²) in [6.07, 6.45) is 4.10. The van der Waals surface area contributed by atoms with Crippen LogP contribution >= 0.6 is 27.3 Å². The van der Waals surface area contributed by atoms with Gasteiger partial charge in [-0.1, -0.05) is 43.1 Å². The first-order valence-electron chi connectivity index (χ1n) is 11.2. The number of rotatable bonds is 5. The Hall–Kier alpha value is -2.43. The molecule has 1 aromatic carbocycles. The molecular weight excluding hydrogens is 501 g/mol. The topological polar surface area (TPSA) is 70.1 Å². The molecule has 4 nitrogen and oxygen atoms in total. The second kappa shape index (κ2) is 9.08. The second-order valence-corrected chi connectivity index (χ2v) is 11.6. The minimum absolute atomic E-state index is 0.00229. The average molecular weight is 528 g/mol. The second-order valence-electron chi connectivity index (χ2n) is 9.48. The van der Waals surface area contributed by atoms with Crippen LogP contribution in [0.15, 0.2) is 57.5 Å². The van der Waals surface area contributed by atoms with Crippen LogP contribution in [0.3, 0.4) is 0 Å². The lowest BCUT2D eigenvalue weighted by molar-refractivity contribution is -0.118. The highest BCUT2D eigenvalue weighted by Gasteiger charge is 2.45. The Balaban J connectivity index is 1.93. The molecule has 33 heavy (non-hydrogen) atoms. The zero-order valence-corrected chi connectivity index (χ0v) is 21.4. The van der Waals surface area contributed by atoms with Crippen molar-refractivity contribution >= 4 is 38.7 Å². The van der Waals surface area contributed by atoms with Gasteiger partial charge in [-0.2, -0.15) is 5.26 Å². The van der Waals surface area contributed by atoms with E-state index in [-0.39, 0.29) is 22.7 Å². The molecule has 1 aliphatic carbocycles. The number of carbonyl (C=O) groups is 1. The molecule has 0 radical (unpaired) electrons. The van der Waals surface area contributed by atoms with Gasteiger partial charge in [0, 0.05) is 31.9 Å². The molecule has 0 spiro atoms. The SMILES string of the molecule is CCCCc1ccc(C2C(C#N)=C(N)N(c3ccc(Br)cc3F)C3=C2C(=O)CC(C)(C)C3)s1. The number of nitriles is 1. The van der Waals surface area contributed by atoms with E-state index in [1.807, 2.05) is 19.9 Å². The van der Waals surface area contributed by atoms with Crippen LogP contribution in [0.5, 0.6) is 0 Å². The number of benzene rings is 1. The van der Waals surface area contributed by atoms with E-state index in [0.29, 0.717) is 34.2 Å². The smallest absolute Gasteiger partial charge is 0.162 e. The largest absolute Gasteiger partial charge is 0.384 e. The number of halogens is 2. The molecule has 0 saturated carbocycles. The maximum Gasteiger partial charge on any atom is 0.162 e. The van der Waals surface area contributed by atoms with Crippen molar-refractivity contribution in [3.63, 3.8) is 0 Å². The summed E-state index contributed by atoms with van der Waals surface area (Å²) in [5, 5.41) is 10.2. The highest BCUT2D eigenvalue weighted by atomic mass is 79.9. The lowest BCUT2D eigenvalue weighted by atomic mass is 9.69. The summed E-state index contributed by atoms with van der Waals surface area (Å²) in [5.41, 5.74) is 8.11. The Bertz CT molecular complexity index is 1220. The minimum Gasteiger partial charge on any atom is -0.384 e. The fourth-order valence-electron chi connectivity index (χ4n) is 4.77. The van der Waals surface area contributed by atoms with Crippen LogP contribution in [0.2, 0.25) is 0 Å². The number of aryl methyl sites for hydroxylation is 1. The molecule has 1 unspecified atom stereocenters. The predicted octanol–water partition coefficient (Wildman–Crippen LogP) is 6.93. The molecule has 2 aliphatic rings. The number of nitrogens with two attached hydrogens (primary N) is 1. The summed E-state index contributed by atoms with van der Waals surface area (Å²) in [6, 6.07) is 11.1. The molecule has 0 fully saturated rings. The van der Waals surface area contributed by atoms with Crippen molar-refractivity contribution in [1.29, 1.82) is 5.26 Å². The van der Waals surface area contributed by atoms with Gasteiger partial charge >= 0.3 is 0 Å². The van der Waals surface area contributed by atoms with E-state index in [1.54, 1.807) is 28.4 Å². The number of allylic oxidation sites excluding steroid dienone is 3. The fourth-order valence-corrected chi connectivity index (χ4v) is 6.27. The first-order valence-corrected chi connectivity index (χ1v) is 12.8. The number of unbranched alkanes of at least 4 members (excludes halogenated alkanes) is 1. The summed E-state index contributed by atoms with van der Waals surface area (Å²) in [6.45, 7) is 6.23. The Labute approximate surface area is 206 Å². The summed E-state index contributed by atoms with van der Waals surface area (Å²) in [5.74, 6) is -0.790. The van der Waals surface area contributed by atoms with Crippen molar-refractivity contribution in [3.05, 3.63) is 73.0 Å². The van der Waals surface area contributed by atoms with Crippen molar-refractivity contribution in [2.45, 2.75) is 58.8 Å². The molecule has 1 aliphatic heterocycles. The molecule has 7 heteroatoms. The molecule has 0 amide bonds. The van der Waals surface area contributed by atoms with Crippen molar-refractivity contribution in [3.8, 4) is 6.07 Å². The van der Waals surface area contributed by atoms with Gasteiger partial charge in [-0.3, -0.25) is 9.69 Å². The average Bonchev–Trinajstić information content (AvgIpc) is 3.20. The molecule has 2 N–H and O–H groups in total. The number of anilines is 1. The highest BCUT2D eigenvalue weighted by Crippen LogP contribution is 2.51. The first kappa shape index (κ1) is 23.7. The van der Waals surface area contributed by atoms with Crippen molar-refractivity contribution in [2.75, 3.05) is 4.90 Å². The van der Waals surface area contributed by atoms with Gasteiger partial charge in [0.25, 0.3) is 0 Å². The normalized spacial score (nSPS) is 20.2. The van der Waals surface area contributed by atoms with Crippen LogP contribution < -0.4 is 10.6 Å². The quantitative estimate of drug-likeness (QED) is 0.457. The molecule has 172 valence electrons. The third-order valence-electron chi connectivity index (χ3n) is 6.28. The van der Waals surface area contributed by atoms with Crippen molar-refractivity contribution in [1.82, 2.24) is 0 Å². The van der Waals surface area contributed by atoms with Crippen LogP contribution in [-0.2, 0) is 11.2 Å². The molecule has 2 heterocycles. The Morgan fingerprint density at radius 3 is 2.73 bits per heavy atom. The number of Topliss-reactive ketones (excluding diaryl/α,β-unsaturated/α-hetero) is 1. The minimum atomic E-state index is -0.510. The molecule has 2 aromatic rings. The molecule has 1 aromatic heterocycles. The Morgan fingerprint density at radius 2 is 2.06 bits per heavy atom. The summed E-state index contributed by atoms with van der Waals surface area (Å²) in [7, 11) is 0. The van der Waals surface area contributed by atoms with E-state index in [1.165, 1.54) is 10.9 Å². The van der Waals surface area contributed by atoms with Gasteiger partial charge in [-0.05, 0) is 55.0 Å². The number of ketones is 1.